The van der Waals surface area contributed by atoms with Gasteiger partial charge in [0, 0.05) is 19.0 Å². The lowest BCUT2D eigenvalue weighted by Gasteiger charge is -2.22. The molecule has 3 N–H and O–H groups in total. The van der Waals surface area contributed by atoms with Gasteiger partial charge in [0.25, 0.3) is 0 Å². The second-order valence-corrected chi connectivity index (χ2v) is 5.79. The van der Waals surface area contributed by atoms with Crippen molar-refractivity contribution in [3.05, 3.63) is 35.1 Å². The molecule has 1 amide bonds. The number of rotatable bonds is 4. The van der Waals surface area contributed by atoms with Gasteiger partial charge in [-0.05, 0) is 44.9 Å². The number of aryl methyl sites for hydroxylation is 1. The summed E-state index contributed by atoms with van der Waals surface area (Å²) in [5.74, 6) is -0.574. The van der Waals surface area contributed by atoms with Crippen LogP contribution in [0.5, 0.6) is 0 Å². The lowest BCUT2D eigenvalue weighted by Crippen LogP contribution is -2.36. The summed E-state index contributed by atoms with van der Waals surface area (Å²) in [5, 5.41) is 2.64. The molecule has 1 aromatic carbocycles. The fraction of sp³-hybridized carbons (Fsp3) is 0.533. The summed E-state index contributed by atoms with van der Waals surface area (Å²) in [6, 6.07) is 4.88. The van der Waals surface area contributed by atoms with Gasteiger partial charge in [0.2, 0.25) is 0 Å². The van der Waals surface area contributed by atoms with Gasteiger partial charge in [-0.15, -0.1) is 0 Å². The number of benzene rings is 1. The molecule has 0 saturated heterocycles. The molecule has 0 aliphatic heterocycles. The smallest absolute Gasteiger partial charge is 0.407 e. The second kappa shape index (κ2) is 6.70. The lowest BCUT2D eigenvalue weighted by molar-refractivity contribution is 0.0524. The standard InChI is InChI=1S/C15H23FN2O2/c1-10-6-5-7-12(16)13(10)11(8-17)9-18-14(19)20-15(2,3)4/h5-7,11H,8-9,17H2,1-4H3,(H,18,19). The predicted octanol–water partition coefficient (Wildman–Crippen LogP) is 2.70. The summed E-state index contributed by atoms with van der Waals surface area (Å²) in [4.78, 5) is 11.6. The Morgan fingerprint density at radius 3 is 2.60 bits per heavy atom. The number of alkyl carbamates (subject to hydrolysis) is 1. The molecule has 0 aliphatic rings. The van der Waals surface area contributed by atoms with Gasteiger partial charge in [-0.3, -0.25) is 0 Å². The summed E-state index contributed by atoms with van der Waals surface area (Å²) < 4.78 is 19.0. The van der Waals surface area contributed by atoms with E-state index < -0.39 is 11.7 Å². The van der Waals surface area contributed by atoms with Crippen LogP contribution in [0, 0.1) is 12.7 Å². The third kappa shape index (κ3) is 4.81. The first kappa shape index (κ1) is 16.4. The normalized spacial score (nSPS) is 12.9. The molecule has 4 nitrogen and oxygen atoms in total. The number of nitrogens with one attached hydrogen (secondary N) is 1. The van der Waals surface area contributed by atoms with Crippen molar-refractivity contribution in [1.82, 2.24) is 5.32 Å². The average Bonchev–Trinajstić information content (AvgIpc) is 2.30. The molecule has 0 bridgehead atoms. The Hall–Kier alpha value is -1.62. The molecule has 0 aliphatic carbocycles. The van der Waals surface area contributed by atoms with Crippen molar-refractivity contribution in [2.75, 3.05) is 13.1 Å². The largest absolute Gasteiger partial charge is 0.444 e. The summed E-state index contributed by atoms with van der Waals surface area (Å²) in [6.07, 6.45) is -0.523. The average molecular weight is 282 g/mol. The number of amides is 1. The Balaban J connectivity index is 2.71. The minimum absolute atomic E-state index is 0.243. The Bertz CT molecular complexity index is 449. The predicted molar refractivity (Wildman–Crippen MR) is 77.2 cm³/mol. The fourth-order valence-electron chi connectivity index (χ4n) is 1.99. The zero-order valence-electron chi connectivity index (χ0n) is 12.5. The van der Waals surface area contributed by atoms with Crippen LogP contribution in [0.3, 0.4) is 0 Å². The highest BCUT2D eigenvalue weighted by molar-refractivity contribution is 5.67. The molecule has 0 fully saturated rings. The highest BCUT2D eigenvalue weighted by Crippen LogP contribution is 2.22. The molecule has 0 heterocycles. The van der Waals surface area contributed by atoms with Crippen LogP contribution in [0.2, 0.25) is 0 Å². The molecule has 1 aromatic rings. The van der Waals surface area contributed by atoms with Crippen LogP contribution in [0.15, 0.2) is 18.2 Å². The number of hydrogen-bond acceptors (Lipinski definition) is 3. The number of halogens is 1. The zero-order valence-corrected chi connectivity index (χ0v) is 12.5. The number of hydrogen-bond donors (Lipinski definition) is 2. The van der Waals surface area contributed by atoms with Crippen LogP contribution in [-0.4, -0.2) is 24.8 Å². The minimum Gasteiger partial charge on any atom is -0.444 e. The van der Waals surface area contributed by atoms with Gasteiger partial charge < -0.3 is 15.8 Å². The molecular weight excluding hydrogens is 259 g/mol. The van der Waals surface area contributed by atoms with E-state index in [9.17, 15) is 9.18 Å². The first-order valence-electron chi connectivity index (χ1n) is 6.66. The Labute approximate surface area is 119 Å². The van der Waals surface area contributed by atoms with Crippen LogP contribution in [0.1, 0.15) is 37.8 Å². The van der Waals surface area contributed by atoms with Gasteiger partial charge in [-0.1, -0.05) is 12.1 Å². The van der Waals surface area contributed by atoms with Gasteiger partial charge in [-0.2, -0.15) is 0 Å². The first-order valence-corrected chi connectivity index (χ1v) is 6.66. The minimum atomic E-state index is -0.559. The monoisotopic (exact) mass is 282 g/mol. The highest BCUT2D eigenvalue weighted by atomic mass is 19.1. The third-order valence-electron chi connectivity index (χ3n) is 2.86. The van der Waals surface area contributed by atoms with Crippen molar-refractivity contribution in [3.63, 3.8) is 0 Å². The van der Waals surface area contributed by atoms with Gasteiger partial charge in [-0.25, -0.2) is 9.18 Å². The van der Waals surface area contributed by atoms with Crippen molar-refractivity contribution in [3.8, 4) is 0 Å². The van der Waals surface area contributed by atoms with Crippen LogP contribution >= 0.6 is 0 Å². The maximum Gasteiger partial charge on any atom is 0.407 e. The molecule has 1 atom stereocenters. The summed E-state index contributed by atoms with van der Waals surface area (Å²) in [5.41, 5.74) is 6.51. The summed E-state index contributed by atoms with van der Waals surface area (Å²) >= 11 is 0. The molecule has 1 unspecified atom stereocenters. The number of ether oxygens (including phenoxy) is 1. The molecule has 112 valence electrons. The van der Waals surface area contributed by atoms with Crippen molar-refractivity contribution < 1.29 is 13.9 Å². The van der Waals surface area contributed by atoms with E-state index in [0.29, 0.717) is 5.56 Å². The number of carbonyl (C=O) groups is 1. The van der Waals surface area contributed by atoms with E-state index in [0.717, 1.165) is 5.56 Å². The highest BCUT2D eigenvalue weighted by Gasteiger charge is 2.20. The molecule has 5 heteroatoms. The van der Waals surface area contributed by atoms with E-state index in [1.165, 1.54) is 6.07 Å². The van der Waals surface area contributed by atoms with E-state index >= 15 is 0 Å². The number of nitrogens with two attached hydrogens (primary N) is 1. The van der Waals surface area contributed by atoms with E-state index in [-0.39, 0.29) is 24.8 Å². The van der Waals surface area contributed by atoms with Crippen molar-refractivity contribution in [1.29, 1.82) is 0 Å². The second-order valence-electron chi connectivity index (χ2n) is 5.79. The topological polar surface area (TPSA) is 64.3 Å². The third-order valence-corrected chi connectivity index (χ3v) is 2.86. The van der Waals surface area contributed by atoms with Gasteiger partial charge in [0.15, 0.2) is 0 Å². The Morgan fingerprint density at radius 1 is 1.45 bits per heavy atom. The molecule has 0 saturated carbocycles. The lowest BCUT2D eigenvalue weighted by atomic mass is 9.94. The quantitative estimate of drug-likeness (QED) is 0.892. The van der Waals surface area contributed by atoms with Crippen molar-refractivity contribution >= 4 is 6.09 Å². The molecule has 0 spiro atoms. The zero-order chi connectivity index (χ0) is 15.3. The Morgan fingerprint density at radius 2 is 2.10 bits per heavy atom. The summed E-state index contributed by atoms with van der Waals surface area (Å²) in [7, 11) is 0. The van der Waals surface area contributed by atoms with Crippen molar-refractivity contribution in [2.45, 2.75) is 39.2 Å². The van der Waals surface area contributed by atoms with Crippen molar-refractivity contribution in [2.24, 2.45) is 5.73 Å². The van der Waals surface area contributed by atoms with E-state index in [1.807, 2.05) is 13.0 Å². The maximum absolute atomic E-state index is 13.9. The molecule has 1 rings (SSSR count). The fourth-order valence-corrected chi connectivity index (χ4v) is 1.99. The van der Waals surface area contributed by atoms with Crippen LogP contribution in [-0.2, 0) is 4.74 Å². The first-order chi connectivity index (χ1) is 9.24. The molecule has 0 aromatic heterocycles. The van der Waals surface area contributed by atoms with Crippen LogP contribution < -0.4 is 11.1 Å². The van der Waals surface area contributed by atoms with E-state index in [1.54, 1.807) is 26.8 Å². The van der Waals surface area contributed by atoms with Crippen LogP contribution in [0.25, 0.3) is 0 Å². The van der Waals surface area contributed by atoms with E-state index in [2.05, 4.69) is 5.32 Å². The van der Waals surface area contributed by atoms with Gasteiger partial charge in [0.1, 0.15) is 11.4 Å². The van der Waals surface area contributed by atoms with E-state index in [4.69, 9.17) is 10.5 Å². The van der Waals surface area contributed by atoms with Gasteiger partial charge in [0.05, 0.1) is 0 Å². The SMILES string of the molecule is Cc1cccc(F)c1C(CN)CNC(=O)OC(C)(C)C. The Kier molecular flexibility index (Phi) is 5.51. The molecule has 20 heavy (non-hydrogen) atoms. The molecule has 0 radical (unpaired) electrons. The van der Waals surface area contributed by atoms with Crippen LogP contribution in [0.4, 0.5) is 9.18 Å². The number of carbonyl (C=O) groups excluding carboxylic acids is 1. The molecular formula is C15H23FN2O2. The van der Waals surface area contributed by atoms with Gasteiger partial charge >= 0.3 is 6.09 Å². The summed E-state index contributed by atoms with van der Waals surface area (Å²) in [6.45, 7) is 7.68. The maximum atomic E-state index is 13.9.